The summed E-state index contributed by atoms with van der Waals surface area (Å²) in [6, 6.07) is -0.0579. The molecule has 6 nitrogen and oxygen atoms in total. The van der Waals surface area contributed by atoms with Gasteiger partial charge in [-0.25, -0.2) is 13.1 Å². The van der Waals surface area contributed by atoms with Gasteiger partial charge in [0.1, 0.15) is 4.90 Å². The molecule has 0 aromatic carbocycles. The first-order valence-corrected chi connectivity index (χ1v) is 7.64. The summed E-state index contributed by atoms with van der Waals surface area (Å²) in [5.41, 5.74) is 1.09. The molecule has 1 aromatic heterocycles. The van der Waals surface area contributed by atoms with Gasteiger partial charge in [0.25, 0.3) is 0 Å². The van der Waals surface area contributed by atoms with Crippen LogP contribution in [0.2, 0.25) is 0 Å². The summed E-state index contributed by atoms with van der Waals surface area (Å²) in [6.07, 6.45) is 0.983. The lowest BCUT2D eigenvalue weighted by atomic mass is 9.96. The van der Waals surface area contributed by atoms with E-state index in [-0.39, 0.29) is 10.9 Å². The van der Waals surface area contributed by atoms with Gasteiger partial charge in [0.05, 0.1) is 11.4 Å². The van der Waals surface area contributed by atoms with Crippen LogP contribution in [0.3, 0.4) is 0 Å². The number of hydrogen-bond donors (Lipinski definition) is 3. The first kappa shape index (κ1) is 13.5. The fourth-order valence-electron chi connectivity index (χ4n) is 2.34. The molecule has 3 N–H and O–H groups in total. The van der Waals surface area contributed by atoms with Crippen LogP contribution in [0.4, 0.5) is 0 Å². The van der Waals surface area contributed by atoms with Gasteiger partial charge in [-0.3, -0.25) is 5.10 Å². The van der Waals surface area contributed by atoms with Gasteiger partial charge in [-0.15, -0.1) is 0 Å². The smallest absolute Gasteiger partial charge is 0.244 e. The lowest BCUT2D eigenvalue weighted by molar-refractivity contribution is 0.327. The van der Waals surface area contributed by atoms with Crippen LogP contribution in [0, 0.1) is 19.8 Å². The zero-order valence-electron chi connectivity index (χ0n) is 10.9. The summed E-state index contributed by atoms with van der Waals surface area (Å²) in [6.45, 7) is 7.11. The van der Waals surface area contributed by atoms with Crippen molar-refractivity contribution >= 4 is 10.0 Å². The van der Waals surface area contributed by atoms with Crippen molar-refractivity contribution in [3.63, 3.8) is 0 Å². The Labute approximate surface area is 108 Å². The molecular formula is C11H20N4O2S. The van der Waals surface area contributed by atoms with Crippen molar-refractivity contribution < 1.29 is 8.42 Å². The molecule has 0 amide bonds. The molecule has 1 aromatic rings. The van der Waals surface area contributed by atoms with Crippen molar-refractivity contribution in [3.8, 4) is 0 Å². The third-order valence-corrected chi connectivity index (χ3v) is 5.22. The molecule has 0 spiro atoms. The van der Waals surface area contributed by atoms with E-state index in [0.29, 0.717) is 23.9 Å². The van der Waals surface area contributed by atoms with Gasteiger partial charge in [0.15, 0.2) is 0 Å². The number of nitrogens with one attached hydrogen (secondary N) is 3. The van der Waals surface area contributed by atoms with E-state index in [9.17, 15) is 8.42 Å². The Morgan fingerprint density at radius 3 is 2.67 bits per heavy atom. The zero-order chi connectivity index (χ0) is 13.3. The summed E-state index contributed by atoms with van der Waals surface area (Å²) in [4.78, 5) is 0.278. The predicted molar refractivity (Wildman–Crippen MR) is 68.8 cm³/mol. The number of rotatable bonds is 3. The number of piperidine rings is 1. The second kappa shape index (κ2) is 4.99. The monoisotopic (exact) mass is 272 g/mol. The Hall–Kier alpha value is -0.920. The summed E-state index contributed by atoms with van der Waals surface area (Å²) >= 11 is 0. The van der Waals surface area contributed by atoms with Gasteiger partial charge in [-0.1, -0.05) is 6.92 Å². The molecule has 1 aliphatic heterocycles. The van der Waals surface area contributed by atoms with Crippen molar-refractivity contribution in [1.82, 2.24) is 20.2 Å². The molecule has 0 aliphatic carbocycles. The molecule has 102 valence electrons. The van der Waals surface area contributed by atoms with E-state index in [1.54, 1.807) is 13.8 Å². The normalized spacial score (nSPS) is 25.3. The SMILES string of the molecule is Cc1n[nH]c(C)c1S(=O)(=O)N[C@H]1CNCC[C@H]1C. The zero-order valence-corrected chi connectivity index (χ0v) is 11.8. The lowest BCUT2D eigenvalue weighted by Gasteiger charge is -2.29. The molecule has 2 atom stereocenters. The highest BCUT2D eigenvalue weighted by molar-refractivity contribution is 7.89. The molecule has 0 radical (unpaired) electrons. The van der Waals surface area contributed by atoms with Crippen LogP contribution < -0.4 is 10.0 Å². The summed E-state index contributed by atoms with van der Waals surface area (Å²) < 4.78 is 27.5. The predicted octanol–water partition coefficient (Wildman–Crippen LogP) is 0.303. The number of aryl methyl sites for hydroxylation is 2. The molecule has 0 unspecified atom stereocenters. The van der Waals surface area contributed by atoms with Crippen molar-refractivity contribution in [2.75, 3.05) is 13.1 Å². The molecule has 2 rings (SSSR count). The molecule has 0 saturated carbocycles. The van der Waals surface area contributed by atoms with Gasteiger partial charge in [-0.2, -0.15) is 5.10 Å². The van der Waals surface area contributed by atoms with E-state index >= 15 is 0 Å². The maximum absolute atomic E-state index is 12.3. The average molecular weight is 272 g/mol. The Balaban J connectivity index is 2.22. The first-order valence-electron chi connectivity index (χ1n) is 6.16. The number of sulfonamides is 1. The molecular weight excluding hydrogens is 252 g/mol. The molecule has 0 bridgehead atoms. The summed E-state index contributed by atoms with van der Waals surface area (Å²) in [5.74, 6) is 0.341. The van der Waals surface area contributed by atoms with E-state index in [1.165, 1.54) is 0 Å². The second-order valence-corrected chi connectivity index (χ2v) is 6.61. The van der Waals surface area contributed by atoms with Gasteiger partial charge in [-0.05, 0) is 32.7 Å². The minimum Gasteiger partial charge on any atom is -0.315 e. The Morgan fingerprint density at radius 2 is 2.11 bits per heavy atom. The van der Waals surface area contributed by atoms with Crippen LogP contribution in [-0.2, 0) is 10.0 Å². The molecule has 1 saturated heterocycles. The molecule has 2 heterocycles. The van der Waals surface area contributed by atoms with Gasteiger partial charge in [0.2, 0.25) is 10.0 Å². The minimum atomic E-state index is -3.49. The highest BCUT2D eigenvalue weighted by Crippen LogP contribution is 2.19. The molecule has 1 fully saturated rings. The maximum Gasteiger partial charge on any atom is 0.244 e. The number of hydrogen-bond acceptors (Lipinski definition) is 4. The lowest BCUT2D eigenvalue weighted by Crippen LogP contribution is -2.50. The fourth-order valence-corrected chi connectivity index (χ4v) is 4.06. The van der Waals surface area contributed by atoms with Crippen molar-refractivity contribution in [1.29, 1.82) is 0 Å². The van der Waals surface area contributed by atoms with E-state index < -0.39 is 10.0 Å². The van der Waals surface area contributed by atoms with Crippen LogP contribution in [0.25, 0.3) is 0 Å². The summed E-state index contributed by atoms with van der Waals surface area (Å²) in [7, 11) is -3.49. The fraction of sp³-hybridized carbons (Fsp3) is 0.727. The largest absolute Gasteiger partial charge is 0.315 e. The van der Waals surface area contributed by atoms with Crippen LogP contribution in [-0.4, -0.2) is 37.7 Å². The summed E-state index contributed by atoms with van der Waals surface area (Å²) in [5, 5.41) is 9.85. The van der Waals surface area contributed by atoms with E-state index in [0.717, 1.165) is 13.0 Å². The molecule has 18 heavy (non-hydrogen) atoms. The number of aromatic nitrogens is 2. The van der Waals surface area contributed by atoms with Crippen LogP contribution in [0.15, 0.2) is 4.90 Å². The third kappa shape index (κ3) is 2.57. The number of H-pyrrole nitrogens is 1. The molecule has 1 aliphatic rings. The number of nitrogens with zero attached hydrogens (tertiary/aromatic N) is 1. The highest BCUT2D eigenvalue weighted by atomic mass is 32.2. The topological polar surface area (TPSA) is 86.9 Å². The van der Waals surface area contributed by atoms with Crippen LogP contribution in [0.5, 0.6) is 0 Å². The third-order valence-electron chi connectivity index (χ3n) is 3.46. The van der Waals surface area contributed by atoms with Gasteiger partial charge in [0, 0.05) is 12.6 Å². The first-order chi connectivity index (χ1) is 8.42. The van der Waals surface area contributed by atoms with E-state index in [2.05, 4.69) is 27.2 Å². The minimum absolute atomic E-state index is 0.0579. The van der Waals surface area contributed by atoms with E-state index in [4.69, 9.17) is 0 Å². The van der Waals surface area contributed by atoms with Gasteiger partial charge < -0.3 is 5.32 Å². The van der Waals surface area contributed by atoms with Crippen molar-refractivity contribution in [2.24, 2.45) is 5.92 Å². The maximum atomic E-state index is 12.3. The second-order valence-electron chi connectivity index (χ2n) is 4.96. The van der Waals surface area contributed by atoms with E-state index in [1.807, 2.05) is 0 Å². The van der Waals surface area contributed by atoms with Crippen molar-refractivity contribution in [2.45, 2.75) is 38.1 Å². The average Bonchev–Trinajstić information content (AvgIpc) is 2.62. The Bertz CT molecular complexity index is 504. The Morgan fingerprint density at radius 1 is 1.39 bits per heavy atom. The van der Waals surface area contributed by atoms with Gasteiger partial charge >= 0.3 is 0 Å². The van der Waals surface area contributed by atoms with Crippen LogP contribution >= 0.6 is 0 Å². The Kier molecular flexibility index (Phi) is 3.74. The standard InChI is InChI=1S/C11H20N4O2S/c1-7-4-5-12-6-10(7)15-18(16,17)11-8(2)13-14-9(11)3/h7,10,12,15H,4-6H2,1-3H3,(H,13,14)/t7-,10+/m1/s1. The molecule has 7 heteroatoms. The quantitative estimate of drug-likeness (QED) is 0.739. The van der Waals surface area contributed by atoms with Crippen molar-refractivity contribution in [3.05, 3.63) is 11.4 Å². The van der Waals surface area contributed by atoms with Crippen LogP contribution in [0.1, 0.15) is 24.7 Å². The highest BCUT2D eigenvalue weighted by Gasteiger charge is 2.29. The number of aromatic amines is 1.